The van der Waals surface area contributed by atoms with Crippen molar-refractivity contribution in [3.05, 3.63) is 17.2 Å². The van der Waals surface area contributed by atoms with Crippen LogP contribution in [0.5, 0.6) is 0 Å². The molecule has 0 spiro atoms. The molecule has 0 bridgehead atoms. The average Bonchev–Trinajstić information content (AvgIpc) is 2.88. The van der Waals surface area contributed by atoms with E-state index >= 15 is 0 Å². The van der Waals surface area contributed by atoms with Gasteiger partial charge in [-0.15, -0.1) is 0 Å². The summed E-state index contributed by atoms with van der Waals surface area (Å²) >= 11 is 0. The second-order valence-electron chi connectivity index (χ2n) is 7.45. The van der Waals surface area contributed by atoms with Gasteiger partial charge in [0.25, 0.3) is 5.91 Å². The molecule has 2 amide bonds. The third-order valence-corrected chi connectivity index (χ3v) is 4.46. The summed E-state index contributed by atoms with van der Waals surface area (Å²) in [5.41, 5.74) is 0.985. The first-order chi connectivity index (χ1) is 11.2. The fourth-order valence-corrected chi connectivity index (χ4v) is 3.04. The largest absolute Gasteiger partial charge is 0.357 e. The van der Waals surface area contributed by atoms with E-state index < -0.39 is 6.04 Å². The van der Waals surface area contributed by atoms with Crippen LogP contribution in [-0.4, -0.2) is 52.9 Å². The molecule has 0 fully saturated rings. The van der Waals surface area contributed by atoms with Crippen molar-refractivity contribution in [1.82, 2.24) is 25.1 Å². The van der Waals surface area contributed by atoms with Crippen molar-refractivity contribution in [2.45, 2.75) is 53.2 Å². The number of carbonyl (C=O) groups is 2. The second kappa shape index (κ2) is 6.93. The highest BCUT2D eigenvalue weighted by molar-refractivity contribution is 5.97. The Morgan fingerprint density at radius 1 is 1.29 bits per heavy atom. The van der Waals surface area contributed by atoms with E-state index in [1.165, 1.54) is 0 Å². The van der Waals surface area contributed by atoms with Crippen molar-refractivity contribution in [2.24, 2.45) is 5.41 Å². The molecule has 1 aliphatic rings. The average molecular weight is 335 g/mol. The molecule has 1 aliphatic heterocycles. The highest BCUT2D eigenvalue weighted by Crippen LogP contribution is 2.22. The Kier molecular flexibility index (Phi) is 5.32. The lowest BCUT2D eigenvalue weighted by Crippen LogP contribution is -2.53. The molecule has 24 heavy (non-hydrogen) atoms. The molecule has 1 unspecified atom stereocenters. The maximum absolute atomic E-state index is 12.8. The molecule has 7 nitrogen and oxygen atoms in total. The molecular formula is C17H29N5O2. The fourth-order valence-electron chi connectivity index (χ4n) is 3.04. The van der Waals surface area contributed by atoms with Crippen molar-refractivity contribution in [1.29, 1.82) is 0 Å². The molecule has 0 aromatic carbocycles. The van der Waals surface area contributed by atoms with E-state index in [1.54, 1.807) is 7.05 Å². The summed E-state index contributed by atoms with van der Waals surface area (Å²) in [6.45, 7) is 10.3. The normalized spacial score (nSPS) is 16.4. The van der Waals surface area contributed by atoms with Crippen LogP contribution in [0, 0.1) is 5.41 Å². The standard InChI is InChI=1S/C17H29N5O2/c1-7-12-19-13(11-10-21(6)8-9-22(11)12)15(23)20-14(16(24)18-5)17(2,3)4/h14H,7-10H2,1-6H3,(H,18,24)(H,20,23). The number of carbonyl (C=O) groups excluding carboxylic acids is 2. The molecule has 2 heterocycles. The third kappa shape index (κ3) is 3.61. The smallest absolute Gasteiger partial charge is 0.272 e. The first-order valence-corrected chi connectivity index (χ1v) is 8.48. The van der Waals surface area contributed by atoms with Gasteiger partial charge in [0, 0.05) is 33.1 Å². The van der Waals surface area contributed by atoms with Crippen molar-refractivity contribution in [3.8, 4) is 0 Å². The zero-order valence-electron chi connectivity index (χ0n) is 15.6. The number of nitrogens with one attached hydrogen (secondary N) is 2. The Balaban J connectivity index is 2.32. The first kappa shape index (κ1) is 18.4. The van der Waals surface area contributed by atoms with Crippen LogP contribution in [0.3, 0.4) is 0 Å². The first-order valence-electron chi connectivity index (χ1n) is 8.48. The fraction of sp³-hybridized carbons (Fsp3) is 0.706. The van der Waals surface area contributed by atoms with Gasteiger partial charge in [-0.25, -0.2) is 4.98 Å². The van der Waals surface area contributed by atoms with Crippen LogP contribution in [0.4, 0.5) is 0 Å². The molecular weight excluding hydrogens is 306 g/mol. The quantitative estimate of drug-likeness (QED) is 0.852. The number of rotatable bonds is 4. The number of hydrogen-bond acceptors (Lipinski definition) is 4. The zero-order valence-corrected chi connectivity index (χ0v) is 15.6. The third-order valence-electron chi connectivity index (χ3n) is 4.46. The lowest BCUT2D eigenvalue weighted by molar-refractivity contribution is -0.124. The summed E-state index contributed by atoms with van der Waals surface area (Å²) in [7, 11) is 3.61. The SMILES string of the molecule is CCc1nc(C(=O)NC(C(=O)NC)C(C)(C)C)c2n1CCN(C)C2. The number of fused-ring (bicyclic) bond motifs is 1. The molecule has 1 atom stereocenters. The van der Waals surface area contributed by atoms with E-state index in [9.17, 15) is 9.59 Å². The second-order valence-corrected chi connectivity index (χ2v) is 7.45. The Labute approximate surface area is 143 Å². The van der Waals surface area contributed by atoms with Crippen LogP contribution >= 0.6 is 0 Å². The van der Waals surface area contributed by atoms with Crippen molar-refractivity contribution < 1.29 is 9.59 Å². The molecule has 0 saturated carbocycles. The van der Waals surface area contributed by atoms with E-state index in [-0.39, 0.29) is 17.2 Å². The van der Waals surface area contributed by atoms with Crippen molar-refractivity contribution in [2.75, 3.05) is 20.6 Å². The number of aromatic nitrogens is 2. The molecule has 0 saturated heterocycles. The summed E-state index contributed by atoms with van der Waals surface area (Å²) in [4.78, 5) is 31.7. The van der Waals surface area contributed by atoms with Crippen LogP contribution < -0.4 is 10.6 Å². The minimum atomic E-state index is -0.612. The van der Waals surface area contributed by atoms with Crippen LogP contribution in [0.1, 0.15) is 49.7 Å². The van der Waals surface area contributed by atoms with Gasteiger partial charge in [-0.1, -0.05) is 27.7 Å². The van der Waals surface area contributed by atoms with Gasteiger partial charge in [0.15, 0.2) is 5.69 Å². The van der Waals surface area contributed by atoms with Gasteiger partial charge in [-0.05, 0) is 12.5 Å². The lowest BCUT2D eigenvalue weighted by atomic mass is 9.86. The molecule has 0 radical (unpaired) electrons. The molecule has 7 heteroatoms. The van der Waals surface area contributed by atoms with E-state index in [1.807, 2.05) is 34.7 Å². The molecule has 2 rings (SSSR count). The van der Waals surface area contributed by atoms with Crippen LogP contribution in [0.2, 0.25) is 0 Å². The lowest BCUT2D eigenvalue weighted by Gasteiger charge is -2.30. The van der Waals surface area contributed by atoms with Gasteiger partial charge in [0.2, 0.25) is 5.91 Å². The number of amides is 2. The number of aryl methyl sites for hydroxylation is 1. The van der Waals surface area contributed by atoms with E-state index in [0.717, 1.165) is 31.0 Å². The summed E-state index contributed by atoms with van der Waals surface area (Å²) < 4.78 is 2.14. The molecule has 1 aromatic rings. The number of hydrogen-bond donors (Lipinski definition) is 2. The van der Waals surface area contributed by atoms with Gasteiger partial charge in [-0.2, -0.15) is 0 Å². The molecule has 134 valence electrons. The summed E-state index contributed by atoms with van der Waals surface area (Å²) in [6, 6.07) is -0.612. The maximum Gasteiger partial charge on any atom is 0.272 e. The maximum atomic E-state index is 12.8. The summed E-state index contributed by atoms with van der Waals surface area (Å²) in [6.07, 6.45) is 0.780. The minimum Gasteiger partial charge on any atom is -0.357 e. The number of nitrogens with zero attached hydrogens (tertiary/aromatic N) is 3. The number of imidazole rings is 1. The van der Waals surface area contributed by atoms with Gasteiger partial charge >= 0.3 is 0 Å². The van der Waals surface area contributed by atoms with Gasteiger partial charge in [-0.3, -0.25) is 14.5 Å². The van der Waals surface area contributed by atoms with Gasteiger partial charge in [0.1, 0.15) is 11.9 Å². The van der Waals surface area contributed by atoms with Crippen molar-refractivity contribution >= 4 is 11.8 Å². The van der Waals surface area contributed by atoms with Gasteiger partial charge in [0.05, 0.1) is 5.69 Å². The van der Waals surface area contributed by atoms with E-state index in [2.05, 4.69) is 25.1 Å². The van der Waals surface area contributed by atoms with Crippen LogP contribution in [0.15, 0.2) is 0 Å². The topological polar surface area (TPSA) is 79.3 Å². The summed E-state index contributed by atoms with van der Waals surface area (Å²) in [5.74, 6) is 0.449. The molecule has 2 N–H and O–H groups in total. The van der Waals surface area contributed by atoms with Crippen LogP contribution in [0.25, 0.3) is 0 Å². The zero-order chi connectivity index (χ0) is 18.1. The Bertz CT molecular complexity index is 630. The summed E-state index contributed by atoms with van der Waals surface area (Å²) in [5, 5.41) is 5.51. The Morgan fingerprint density at radius 2 is 1.96 bits per heavy atom. The Hall–Kier alpha value is -1.89. The molecule has 1 aromatic heterocycles. The highest BCUT2D eigenvalue weighted by atomic mass is 16.2. The predicted octanol–water partition coefficient (Wildman–Crippen LogP) is 0.781. The number of likely N-dealkylation sites (N-methyl/N-ethyl adjacent to an activating group) is 2. The monoisotopic (exact) mass is 335 g/mol. The van der Waals surface area contributed by atoms with E-state index in [4.69, 9.17) is 0 Å². The van der Waals surface area contributed by atoms with Crippen molar-refractivity contribution in [3.63, 3.8) is 0 Å². The Morgan fingerprint density at radius 3 is 2.50 bits per heavy atom. The predicted molar refractivity (Wildman–Crippen MR) is 92.7 cm³/mol. The van der Waals surface area contributed by atoms with E-state index in [0.29, 0.717) is 12.2 Å². The van der Waals surface area contributed by atoms with Gasteiger partial charge < -0.3 is 15.2 Å². The highest BCUT2D eigenvalue weighted by Gasteiger charge is 2.34. The molecule has 0 aliphatic carbocycles. The minimum absolute atomic E-state index is 0.197. The van der Waals surface area contributed by atoms with Crippen LogP contribution in [-0.2, 0) is 24.3 Å².